The Bertz CT molecular complexity index is 999. The molecule has 2 aliphatic rings. The molecule has 0 spiro atoms. The summed E-state index contributed by atoms with van der Waals surface area (Å²) in [6.45, 7) is 7.64. The van der Waals surface area contributed by atoms with E-state index in [4.69, 9.17) is 0 Å². The zero-order valence-corrected chi connectivity index (χ0v) is 19.9. The molecule has 2 aliphatic heterocycles. The summed E-state index contributed by atoms with van der Waals surface area (Å²) >= 11 is 0. The molecule has 2 fully saturated rings. The van der Waals surface area contributed by atoms with Crippen LogP contribution in [0, 0.1) is 17.6 Å². The van der Waals surface area contributed by atoms with Crippen molar-refractivity contribution >= 4 is 11.8 Å². The molecular formula is C27H33F2N3O2. The van der Waals surface area contributed by atoms with Crippen LogP contribution < -0.4 is 5.32 Å². The number of halogens is 2. The molecule has 2 saturated heterocycles. The molecule has 34 heavy (non-hydrogen) atoms. The van der Waals surface area contributed by atoms with Crippen molar-refractivity contribution in [1.82, 2.24) is 15.1 Å². The monoisotopic (exact) mass is 469 g/mol. The number of piperidine rings is 2. The molecule has 0 aliphatic carbocycles. The number of amides is 2. The van der Waals surface area contributed by atoms with Crippen molar-refractivity contribution in [2.45, 2.75) is 51.6 Å². The predicted octanol–water partition coefficient (Wildman–Crippen LogP) is 4.79. The predicted molar refractivity (Wildman–Crippen MR) is 128 cm³/mol. The zero-order chi connectivity index (χ0) is 24.2. The number of carbonyl (C=O) groups excluding carboxylic acids is 2. The molecule has 2 aromatic carbocycles. The van der Waals surface area contributed by atoms with Crippen LogP contribution in [0.3, 0.4) is 0 Å². The third kappa shape index (κ3) is 5.46. The van der Waals surface area contributed by atoms with Crippen molar-refractivity contribution < 1.29 is 18.4 Å². The Morgan fingerprint density at radius 2 is 1.56 bits per heavy atom. The van der Waals surface area contributed by atoms with Gasteiger partial charge in [-0.05, 0) is 81.5 Å². The molecule has 0 radical (unpaired) electrons. The lowest BCUT2D eigenvalue weighted by Gasteiger charge is -2.41. The summed E-state index contributed by atoms with van der Waals surface area (Å²) in [7, 11) is 0. The fourth-order valence-corrected chi connectivity index (χ4v) is 5.21. The molecule has 2 atom stereocenters. The van der Waals surface area contributed by atoms with Crippen LogP contribution in [0.4, 0.5) is 8.78 Å². The molecule has 0 aromatic heterocycles. The topological polar surface area (TPSA) is 52.7 Å². The highest BCUT2D eigenvalue weighted by Crippen LogP contribution is 2.25. The van der Waals surface area contributed by atoms with Crippen molar-refractivity contribution in [1.29, 1.82) is 0 Å². The number of carbonyl (C=O) groups is 2. The van der Waals surface area contributed by atoms with Crippen LogP contribution in [0.15, 0.2) is 42.5 Å². The second-order valence-electron chi connectivity index (χ2n) is 9.67. The molecule has 2 heterocycles. The first-order chi connectivity index (χ1) is 16.3. The Morgan fingerprint density at radius 3 is 2.18 bits per heavy atom. The fraction of sp³-hybridized carbons (Fsp3) is 0.481. The van der Waals surface area contributed by atoms with E-state index in [0.717, 1.165) is 57.1 Å². The van der Waals surface area contributed by atoms with E-state index in [-0.39, 0.29) is 11.5 Å². The molecular weight excluding hydrogens is 436 g/mol. The molecule has 2 unspecified atom stereocenters. The lowest BCUT2D eigenvalue weighted by molar-refractivity contribution is 0.0541. The Labute approximate surface area is 200 Å². The van der Waals surface area contributed by atoms with Gasteiger partial charge < -0.3 is 10.2 Å². The van der Waals surface area contributed by atoms with Crippen LogP contribution in [0.25, 0.3) is 0 Å². The minimum absolute atomic E-state index is 0.0285. The van der Waals surface area contributed by atoms with E-state index < -0.39 is 23.6 Å². The van der Waals surface area contributed by atoms with Gasteiger partial charge in [-0.3, -0.25) is 14.5 Å². The van der Waals surface area contributed by atoms with Gasteiger partial charge in [-0.2, -0.15) is 0 Å². The van der Waals surface area contributed by atoms with E-state index in [1.54, 1.807) is 24.3 Å². The summed E-state index contributed by atoms with van der Waals surface area (Å²) in [6, 6.07) is 9.78. The van der Waals surface area contributed by atoms with E-state index in [9.17, 15) is 18.4 Å². The first-order valence-corrected chi connectivity index (χ1v) is 12.2. The summed E-state index contributed by atoms with van der Waals surface area (Å²) in [5.74, 6) is -1.14. The third-order valence-corrected chi connectivity index (χ3v) is 7.13. The Kier molecular flexibility index (Phi) is 7.61. The van der Waals surface area contributed by atoms with E-state index >= 15 is 0 Å². The maximum atomic E-state index is 14.0. The second-order valence-corrected chi connectivity index (χ2v) is 9.67. The minimum Gasteiger partial charge on any atom is -0.345 e. The Morgan fingerprint density at radius 1 is 0.941 bits per heavy atom. The van der Waals surface area contributed by atoms with Gasteiger partial charge in [0.2, 0.25) is 0 Å². The number of benzene rings is 2. The quantitative estimate of drug-likeness (QED) is 0.685. The molecule has 4 rings (SSSR count). The highest BCUT2D eigenvalue weighted by Gasteiger charge is 2.29. The van der Waals surface area contributed by atoms with E-state index in [2.05, 4.69) is 17.1 Å². The number of rotatable bonds is 5. The van der Waals surface area contributed by atoms with Gasteiger partial charge in [0.1, 0.15) is 11.6 Å². The molecule has 182 valence electrons. The van der Waals surface area contributed by atoms with Gasteiger partial charge in [0.25, 0.3) is 11.8 Å². The van der Waals surface area contributed by atoms with Crippen molar-refractivity contribution in [2.24, 2.45) is 5.92 Å². The number of likely N-dealkylation sites (tertiary alicyclic amines) is 2. The molecule has 5 nitrogen and oxygen atoms in total. The highest BCUT2D eigenvalue weighted by atomic mass is 19.1. The number of nitrogens with one attached hydrogen (secondary N) is 1. The van der Waals surface area contributed by atoms with Crippen LogP contribution in [0.1, 0.15) is 71.9 Å². The van der Waals surface area contributed by atoms with E-state index in [1.807, 2.05) is 4.90 Å². The van der Waals surface area contributed by atoms with Gasteiger partial charge in [-0.15, -0.1) is 0 Å². The first-order valence-electron chi connectivity index (χ1n) is 12.2. The van der Waals surface area contributed by atoms with Gasteiger partial charge in [0.15, 0.2) is 0 Å². The van der Waals surface area contributed by atoms with Crippen LogP contribution in [-0.2, 0) is 0 Å². The van der Waals surface area contributed by atoms with E-state index in [0.29, 0.717) is 17.2 Å². The maximum absolute atomic E-state index is 14.0. The molecule has 0 saturated carbocycles. The Hall–Kier alpha value is -2.80. The van der Waals surface area contributed by atoms with Gasteiger partial charge in [-0.1, -0.05) is 13.0 Å². The molecule has 2 amide bonds. The molecule has 0 bridgehead atoms. The standard InChI is InChI=1S/C27H33F2N3O2/c1-18-5-4-14-32(17-18)22-12-15-31(16-13-22)27(34)21-10-8-20(9-11-21)26(33)30-19(2)25-23(28)6-3-7-24(25)29/h3,6-11,18-19,22H,4-5,12-17H2,1-2H3,(H,30,33). The van der Waals surface area contributed by atoms with Crippen molar-refractivity contribution in [3.8, 4) is 0 Å². The summed E-state index contributed by atoms with van der Waals surface area (Å²) in [5, 5.41) is 2.63. The summed E-state index contributed by atoms with van der Waals surface area (Å²) in [6.07, 6.45) is 4.54. The largest absolute Gasteiger partial charge is 0.345 e. The highest BCUT2D eigenvalue weighted by molar-refractivity contribution is 5.98. The van der Waals surface area contributed by atoms with Crippen molar-refractivity contribution in [3.05, 3.63) is 70.8 Å². The second kappa shape index (κ2) is 10.6. The SMILES string of the molecule is CC1CCCN(C2CCN(C(=O)c3ccc(C(=O)NC(C)c4c(F)cccc4F)cc3)CC2)C1. The maximum Gasteiger partial charge on any atom is 0.253 e. The first kappa shape index (κ1) is 24.3. The van der Waals surface area contributed by atoms with Gasteiger partial charge in [-0.25, -0.2) is 8.78 Å². The fourth-order valence-electron chi connectivity index (χ4n) is 5.21. The number of hydrogen-bond acceptors (Lipinski definition) is 3. The minimum atomic E-state index is -0.834. The van der Waals surface area contributed by atoms with Crippen LogP contribution in [0.5, 0.6) is 0 Å². The molecule has 7 heteroatoms. The average molecular weight is 470 g/mol. The molecule has 1 N–H and O–H groups in total. The normalized spacial score (nSPS) is 20.7. The number of hydrogen-bond donors (Lipinski definition) is 1. The van der Waals surface area contributed by atoms with Crippen molar-refractivity contribution in [2.75, 3.05) is 26.2 Å². The van der Waals surface area contributed by atoms with Gasteiger partial charge >= 0.3 is 0 Å². The summed E-state index contributed by atoms with van der Waals surface area (Å²) < 4.78 is 28.0. The molecule has 2 aromatic rings. The lowest BCUT2D eigenvalue weighted by atomic mass is 9.95. The average Bonchev–Trinajstić information content (AvgIpc) is 2.83. The lowest BCUT2D eigenvalue weighted by Crippen LogP contribution is -2.49. The number of nitrogens with zero attached hydrogens (tertiary/aromatic N) is 2. The summed E-state index contributed by atoms with van der Waals surface area (Å²) in [4.78, 5) is 30.1. The van der Waals surface area contributed by atoms with Gasteiger partial charge in [0.05, 0.1) is 6.04 Å². The zero-order valence-electron chi connectivity index (χ0n) is 19.9. The third-order valence-electron chi connectivity index (χ3n) is 7.13. The van der Waals surface area contributed by atoms with Crippen LogP contribution in [-0.4, -0.2) is 53.8 Å². The van der Waals surface area contributed by atoms with Crippen molar-refractivity contribution in [3.63, 3.8) is 0 Å². The smallest absolute Gasteiger partial charge is 0.253 e. The van der Waals surface area contributed by atoms with E-state index in [1.165, 1.54) is 25.8 Å². The summed E-state index contributed by atoms with van der Waals surface area (Å²) in [5.41, 5.74) is 0.693. The Balaban J connectivity index is 1.32. The van der Waals surface area contributed by atoms with Crippen LogP contribution >= 0.6 is 0 Å². The van der Waals surface area contributed by atoms with Crippen LogP contribution in [0.2, 0.25) is 0 Å². The van der Waals surface area contributed by atoms with Gasteiger partial charge in [0, 0.05) is 42.4 Å².